The molecule has 1 heterocycles. The second-order valence-corrected chi connectivity index (χ2v) is 5.47. The molecule has 1 aliphatic heterocycles. The predicted molar refractivity (Wildman–Crippen MR) is 63.4 cm³/mol. The van der Waals surface area contributed by atoms with Gasteiger partial charge >= 0.3 is 0 Å². The quantitative estimate of drug-likeness (QED) is 0.733. The summed E-state index contributed by atoms with van der Waals surface area (Å²) in [4.78, 5) is 1.88. The lowest BCUT2D eigenvalue weighted by Crippen LogP contribution is -2.33. The molecule has 2 nitrogen and oxygen atoms in total. The number of hydrogen-bond donors (Lipinski definition) is 0. The van der Waals surface area contributed by atoms with Crippen LogP contribution in [0.2, 0.25) is 0 Å². The van der Waals surface area contributed by atoms with E-state index in [0.717, 1.165) is 6.07 Å². The third-order valence-corrected chi connectivity index (χ3v) is 3.96. The van der Waals surface area contributed by atoms with Gasteiger partial charge in [-0.2, -0.15) is 0 Å². The molecule has 0 aromatic heterocycles. The monoisotopic (exact) mass is 290 g/mol. The van der Waals surface area contributed by atoms with Gasteiger partial charge in [0.1, 0.15) is 11.6 Å². The van der Waals surface area contributed by atoms with Gasteiger partial charge in [0.05, 0.1) is 12.4 Å². The Morgan fingerprint density at radius 2 is 2.00 bits per heavy atom. The van der Waals surface area contributed by atoms with E-state index in [9.17, 15) is 8.78 Å². The first-order valence-corrected chi connectivity index (χ1v) is 5.74. The van der Waals surface area contributed by atoms with Gasteiger partial charge in [0.15, 0.2) is 0 Å². The highest BCUT2D eigenvalue weighted by atomic mass is 79.9. The van der Waals surface area contributed by atoms with E-state index in [4.69, 9.17) is 0 Å². The maximum Gasteiger partial charge on any atom is 0.149 e. The molecule has 16 heavy (non-hydrogen) atoms. The first-order valence-electron chi connectivity index (χ1n) is 5.03. The molecule has 0 spiro atoms. The Morgan fingerprint density at radius 3 is 2.50 bits per heavy atom. The molecule has 1 aliphatic rings. The molecule has 2 rings (SSSR count). The van der Waals surface area contributed by atoms with Crippen molar-refractivity contribution in [1.29, 1.82) is 0 Å². The van der Waals surface area contributed by atoms with Gasteiger partial charge in [-0.15, -0.1) is 0 Å². The van der Waals surface area contributed by atoms with Gasteiger partial charge in [0, 0.05) is 34.3 Å². The molecule has 0 amide bonds. The second kappa shape index (κ2) is 3.96. The zero-order valence-corrected chi connectivity index (χ0v) is 10.8. The van der Waals surface area contributed by atoms with Gasteiger partial charge in [0.2, 0.25) is 0 Å². The van der Waals surface area contributed by atoms with Crippen molar-refractivity contribution in [2.24, 2.45) is 0 Å². The summed E-state index contributed by atoms with van der Waals surface area (Å²) in [5, 5.41) is 0. The number of nitrogens with zero attached hydrogens (tertiary/aromatic N) is 2. The first kappa shape index (κ1) is 11.8. The second-order valence-electron chi connectivity index (χ2n) is 4.61. The van der Waals surface area contributed by atoms with Crippen LogP contribution in [0.15, 0.2) is 18.2 Å². The van der Waals surface area contributed by atoms with Gasteiger partial charge < -0.3 is 4.90 Å². The van der Waals surface area contributed by atoms with Crippen LogP contribution in [0.1, 0.15) is 13.8 Å². The first-order chi connectivity index (χ1) is 7.40. The Kier molecular flexibility index (Phi) is 2.92. The lowest BCUT2D eigenvalue weighted by Gasteiger charge is -2.22. The highest BCUT2D eigenvalue weighted by molar-refractivity contribution is 9.07. The van der Waals surface area contributed by atoms with Gasteiger partial charge in [-0.3, -0.25) is 0 Å². The van der Waals surface area contributed by atoms with Crippen LogP contribution in [0, 0.1) is 11.6 Å². The molecule has 0 unspecified atom stereocenters. The topological polar surface area (TPSA) is 6.48 Å². The number of hydrogen-bond acceptors (Lipinski definition) is 2. The Balaban J connectivity index is 2.27. The van der Waals surface area contributed by atoms with Crippen molar-refractivity contribution < 1.29 is 8.78 Å². The lowest BCUT2D eigenvalue weighted by atomic mass is 10.1. The minimum atomic E-state index is -0.546. The zero-order chi connectivity index (χ0) is 11.9. The van der Waals surface area contributed by atoms with Crippen molar-refractivity contribution in [3.8, 4) is 0 Å². The molecule has 1 fully saturated rings. The minimum Gasteiger partial charge on any atom is -0.353 e. The van der Waals surface area contributed by atoms with Crippen LogP contribution in [-0.2, 0) is 0 Å². The largest absolute Gasteiger partial charge is 0.353 e. The highest BCUT2D eigenvalue weighted by Gasteiger charge is 2.36. The molecule has 1 aromatic carbocycles. The van der Waals surface area contributed by atoms with E-state index < -0.39 is 11.6 Å². The molecule has 1 aromatic rings. The molecular formula is C11H13BrF2N2. The lowest BCUT2D eigenvalue weighted by molar-refractivity contribution is 0.348. The molecule has 0 atom stereocenters. The van der Waals surface area contributed by atoms with Gasteiger partial charge in [0.25, 0.3) is 0 Å². The predicted octanol–water partition coefficient (Wildman–Crippen LogP) is 3.13. The molecule has 5 heteroatoms. The fourth-order valence-electron chi connectivity index (χ4n) is 1.83. The Hall–Kier alpha value is -0.680. The van der Waals surface area contributed by atoms with Crippen molar-refractivity contribution in [2.75, 3.05) is 18.1 Å². The highest BCUT2D eigenvalue weighted by Crippen LogP contribution is 2.32. The molecule has 0 saturated carbocycles. The normalized spacial score (nSPS) is 20.4. The Bertz CT molecular complexity index is 409. The van der Waals surface area contributed by atoms with Crippen molar-refractivity contribution in [3.05, 3.63) is 29.8 Å². The van der Waals surface area contributed by atoms with E-state index in [1.54, 1.807) is 0 Å². The average molecular weight is 291 g/mol. The third-order valence-electron chi connectivity index (χ3n) is 2.78. The maximum absolute atomic E-state index is 13.6. The summed E-state index contributed by atoms with van der Waals surface area (Å²) < 4.78 is 28.3. The summed E-state index contributed by atoms with van der Waals surface area (Å²) in [5.74, 6) is -1.06. The van der Waals surface area contributed by atoms with Crippen molar-refractivity contribution in [3.63, 3.8) is 0 Å². The number of halogens is 3. The average Bonchev–Trinajstić information content (AvgIpc) is 2.40. The van der Waals surface area contributed by atoms with E-state index in [1.807, 2.05) is 8.83 Å². The number of benzene rings is 1. The minimum absolute atomic E-state index is 0.0686. The summed E-state index contributed by atoms with van der Waals surface area (Å²) in [6, 6.07) is 3.68. The summed E-state index contributed by atoms with van der Waals surface area (Å²) in [5.41, 5.74) is 0.373. The van der Waals surface area contributed by atoms with E-state index >= 15 is 0 Å². The molecule has 0 N–H and O–H groups in total. The van der Waals surface area contributed by atoms with E-state index in [0.29, 0.717) is 18.9 Å². The number of anilines is 1. The zero-order valence-electron chi connectivity index (χ0n) is 9.17. The third kappa shape index (κ3) is 2.06. The molecule has 1 saturated heterocycles. The van der Waals surface area contributed by atoms with Gasteiger partial charge in [-0.25, -0.2) is 12.7 Å². The summed E-state index contributed by atoms with van der Waals surface area (Å²) in [6.07, 6.45) is 0. The molecule has 88 valence electrons. The van der Waals surface area contributed by atoms with Crippen molar-refractivity contribution in [2.45, 2.75) is 19.4 Å². The summed E-state index contributed by atoms with van der Waals surface area (Å²) >= 11 is 3.43. The van der Waals surface area contributed by atoms with Crippen LogP contribution in [0.3, 0.4) is 0 Å². The van der Waals surface area contributed by atoms with Gasteiger partial charge in [-0.05, 0) is 26.0 Å². The van der Waals surface area contributed by atoms with E-state index in [1.165, 1.54) is 12.1 Å². The van der Waals surface area contributed by atoms with Crippen molar-refractivity contribution in [1.82, 2.24) is 3.93 Å². The van der Waals surface area contributed by atoms with Crippen LogP contribution in [-0.4, -0.2) is 22.7 Å². The van der Waals surface area contributed by atoms with Crippen LogP contribution in [0.4, 0.5) is 14.5 Å². The molecule has 0 radical (unpaired) electrons. The van der Waals surface area contributed by atoms with Crippen LogP contribution < -0.4 is 4.90 Å². The SMILES string of the molecule is CC1(C)CN(c2ccc(F)cc2F)CN1Br. The van der Waals surface area contributed by atoms with E-state index in [-0.39, 0.29) is 5.54 Å². The smallest absolute Gasteiger partial charge is 0.149 e. The maximum atomic E-state index is 13.6. The Morgan fingerprint density at radius 1 is 1.31 bits per heavy atom. The van der Waals surface area contributed by atoms with Crippen LogP contribution in [0.5, 0.6) is 0 Å². The van der Waals surface area contributed by atoms with Crippen LogP contribution >= 0.6 is 16.1 Å². The summed E-state index contributed by atoms with van der Waals surface area (Å²) in [7, 11) is 0. The fourth-order valence-corrected chi connectivity index (χ4v) is 2.22. The standard InChI is InChI=1S/C11H13BrF2N2/c1-11(2)6-15(7-16(11)12)10-4-3-8(13)5-9(10)14/h3-5H,6-7H2,1-2H3. The summed E-state index contributed by atoms with van der Waals surface area (Å²) in [6.45, 7) is 5.39. The van der Waals surface area contributed by atoms with E-state index in [2.05, 4.69) is 30.0 Å². The van der Waals surface area contributed by atoms with Gasteiger partial charge in [-0.1, -0.05) is 0 Å². The molecule has 0 aliphatic carbocycles. The van der Waals surface area contributed by atoms with Crippen LogP contribution in [0.25, 0.3) is 0 Å². The molecular weight excluding hydrogens is 278 g/mol. The number of rotatable bonds is 1. The molecule has 0 bridgehead atoms. The Labute approximate surface area is 102 Å². The fraction of sp³-hybridized carbons (Fsp3) is 0.455. The van der Waals surface area contributed by atoms with Crippen molar-refractivity contribution >= 4 is 21.8 Å².